The lowest BCUT2D eigenvalue weighted by Gasteiger charge is -2.17. The zero-order valence-electron chi connectivity index (χ0n) is 14.3. The van der Waals surface area contributed by atoms with Crippen molar-refractivity contribution in [2.75, 3.05) is 18.0 Å². The molecule has 1 fully saturated rings. The molecule has 0 saturated carbocycles. The van der Waals surface area contributed by atoms with Gasteiger partial charge in [-0.1, -0.05) is 0 Å². The van der Waals surface area contributed by atoms with Gasteiger partial charge in [-0.25, -0.2) is 9.97 Å². The predicted molar refractivity (Wildman–Crippen MR) is 92.4 cm³/mol. The van der Waals surface area contributed by atoms with Crippen molar-refractivity contribution in [3.05, 3.63) is 35.7 Å². The zero-order valence-corrected chi connectivity index (χ0v) is 14.3. The molecule has 1 N–H and O–H groups in total. The molecule has 0 bridgehead atoms. The van der Waals surface area contributed by atoms with Crippen LogP contribution in [-0.2, 0) is 13.6 Å². The molecule has 0 radical (unpaired) electrons. The van der Waals surface area contributed by atoms with Crippen LogP contribution in [0.3, 0.4) is 0 Å². The third kappa shape index (κ3) is 3.07. The number of hydrogen-bond acceptors (Lipinski definition) is 6. The molecular weight excluding hydrogens is 320 g/mol. The van der Waals surface area contributed by atoms with Crippen LogP contribution in [0.5, 0.6) is 0 Å². The summed E-state index contributed by atoms with van der Waals surface area (Å²) in [5, 5.41) is 8.03. The first-order chi connectivity index (χ1) is 12.1. The molecule has 8 nitrogen and oxygen atoms in total. The molecule has 1 amide bonds. The van der Waals surface area contributed by atoms with Crippen LogP contribution >= 0.6 is 0 Å². The Morgan fingerprint density at radius 2 is 2.08 bits per heavy atom. The van der Waals surface area contributed by atoms with Crippen molar-refractivity contribution in [3.8, 4) is 0 Å². The van der Waals surface area contributed by atoms with Gasteiger partial charge in [-0.15, -0.1) is 0 Å². The van der Waals surface area contributed by atoms with Crippen molar-refractivity contribution in [2.45, 2.75) is 26.3 Å². The SMILES string of the molecule is Cc1ccc(CNC(=O)c2nc(N3CCCC3)c3cn(C)nc3n2)o1. The number of hydrogen-bond donors (Lipinski definition) is 1. The molecule has 0 spiro atoms. The fourth-order valence-electron chi connectivity index (χ4n) is 3.10. The van der Waals surface area contributed by atoms with E-state index in [1.807, 2.05) is 32.3 Å². The summed E-state index contributed by atoms with van der Waals surface area (Å²) in [7, 11) is 1.84. The first-order valence-corrected chi connectivity index (χ1v) is 8.40. The Kier molecular flexibility index (Phi) is 3.87. The van der Waals surface area contributed by atoms with E-state index in [9.17, 15) is 4.79 Å². The van der Waals surface area contributed by atoms with E-state index in [-0.39, 0.29) is 11.7 Å². The minimum Gasteiger partial charge on any atom is -0.465 e. The number of nitrogens with one attached hydrogen (secondary N) is 1. The molecule has 0 atom stereocenters. The molecule has 1 saturated heterocycles. The Morgan fingerprint density at radius 1 is 1.28 bits per heavy atom. The van der Waals surface area contributed by atoms with Gasteiger partial charge in [-0.3, -0.25) is 9.48 Å². The Hall–Kier alpha value is -2.90. The van der Waals surface area contributed by atoms with Crippen LogP contribution < -0.4 is 10.2 Å². The van der Waals surface area contributed by atoms with Gasteiger partial charge in [-0.05, 0) is 31.9 Å². The summed E-state index contributed by atoms with van der Waals surface area (Å²) in [5.74, 6) is 2.10. The van der Waals surface area contributed by atoms with E-state index in [0.29, 0.717) is 18.0 Å². The van der Waals surface area contributed by atoms with Gasteiger partial charge in [0, 0.05) is 26.3 Å². The molecule has 0 unspecified atom stereocenters. The fourth-order valence-corrected chi connectivity index (χ4v) is 3.10. The van der Waals surface area contributed by atoms with E-state index in [2.05, 4.69) is 25.3 Å². The summed E-state index contributed by atoms with van der Waals surface area (Å²) in [4.78, 5) is 23.6. The van der Waals surface area contributed by atoms with Gasteiger partial charge in [0.15, 0.2) is 5.65 Å². The van der Waals surface area contributed by atoms with E-state index >= 15 is 0 Å². The number of anilines is 1. The van der Waals surface area contributed by atoms with E-state index in [0.717, 1.165) is 42.9 Å². The van der Waals surface area contributed by atoms with Crippen LogP contribution in [0.15, 0.2) is 22.7 Å². The van der Waals surface area contributed by atoms with Gasteiger partial charge in [0.1, 0.15) is 17.3 Å². The fraction of sp³-hybridized carbons (Fsp3) is 0.412. The summed E-state index contributed by atoms with van der Waals surface area (Å²) in [6.07, 6.45) is 4.16. The van der Waals surface area contributed by atoms with Crippen molar-refractivity contribution in [1.29, 1.82) is 0 Å². The Labute approximate surface area is 144 Å². The third-order valence-corrected chi connectivity index (χ3v) is 4.30. The number of aromatic nitrogens is 4. The summed E-state index contributed by atoms with van der Waals surface area (Å²) >= 11 is 0. The van der Waals surface area contributed by atoms with Gasteiger partial charge in [0.05, 0.1) is 11.9 Å². The lowest BCUT2D eigenvalue weighted by molar-refractivity contribution is 0.0938. The highest BCUT2D eigenvalue weighted by Crippen LogP contribution is 2.26. The molecule has 25 heavy (non-hydrogen) atoms. The van der Waals surface area contributed by atoms with Crippen molar-refractivity contribution < 1.29 is 9.21 Å². The standard InChI is InChI=1S/C17H20N6O2/c1-11-5-6-12(25-11)9-18-17(24)15-19-14-13(10-22(2)21-14)16(20-15)23-7-3-4-8-23/h5-6,10H,3-4,7-9H2,1-2H3,(H,18,24). The molecule has 4 heterocycles. The number of nitrogens with zero attached hydrogens (tertiary/aromatic N) is 5. The summed E-state index contributed by atoms with van der Waals surface area (Å²) in [6.45, 7) is 4.04. The summed E-state index contributed by atoms with van der Waals surface area (Å²) < 4.78 is 7.17. The topological polar surface area (TPSA) is 89.1 Å². The number of fused-ring (bicyclic) bond motifs is 1. The van der Waals surface area contributed by atoms with Crippen LogP contribution in [0.4, 0.5) is 5.82 Å². The van der Waals surface area contributed by atoms with Crippen molar-refractivity contribution >= 4 is 22.8 Å². The van der Waals surface area contributed by atoms with Crippen LogP contribution in [0.25, 0.3) is 11.0 Å². The lowest BCUT2D eigenvalue weighted by atomic mass is 10.3. The first-order valence-electron chi connectivity index (χ1n) is 8.40. The van der Waals surface area contributed by atoms with Gasteiger partial charge in [0.2, 0.25) is 5.82 Å². The van der Waals surface area contributed by atoms with Crippen LogP contribution in [0.2, 0.25) is 0 Å². The van der Waals surface area contributed by atoms with Crippen molar-refractivity contribution in [1.82, 2.24) is 25.1 Å². The molecule has 1 aliphatic rings. The summed E-state index contributed by atoms with van der Waals surface area (Å²) in [5.41, 5.74) is 0.540. The monoisotopic (exact) mass is 340 g/mol. The number of carbonyl (C=O) groups is 1. The summed E-state index contributed by atoms with van der Waals surface area (Å²) in [6, 6.07) is 3.71. The molecule has 4 rings (SSSR count). The second-order valence-electron chi connectivity index (χ2n) is 6.30. The lowest BCUT2D eigenvalue weighted by Crippen LogP contribution is -2.27. The quantitative estimate of drug-likeness (QED) is 0.779. The molecule has 0 aliphatic carbocycles. The second kappa shape index (κ2) is 6.19. The third-order valence-electron chi connectivity index (χ3n) is 4.30. The highest BCUT2D eigenvalue weighted by Gasteiger charge is 2.22. The second-order valence-corrected chi connectivity index (χ2v) is 6.30. The van der Waals surface area contributed by atoms with Gasteiger partial charge in [-0.2, -0.15) is 5.10 Å². The minimum absolute atomic E-state index is 0.136. The molecule has 3 aromatic rings. The first kappa shape index (κ1) is 15.6. The minimum atomic E-state index is -0.331. The average molecular weight is 340 g/mol. The number of rotatable bonds is 4. The van der Waals surface area contributed by atoms with Crippen molar-refractivity contribution in [2.24, 2.45) is 7.05 Å². The Morgan fingerprint density at radius 3 is 2.80 bits per heavy atom. The molecule has 3 aromatic heterocycles. The predicted octanol–water partition coefficient (Wildman–Crippen LogP) is 1.79. The number of amides is 1. The maximum absolute atomic E-state index is 12.5. The molecule has 8 heteroatoms. The maximum atomic E-state index is 12.5. The van der Waals surface area contributed by atoms with E-state index in [1.54, 1.807) is 4.68 Å². The van der Waals surface area contributed by atoms with E-state index in [1.165, 1.54) is 0 Å². The smallest absolute Gasteiger partial charge is 0.289 e. The van der Waals surface area contributed by atoms with Gasteiger partial charge in [0.25, 0.3) is 5.91 Å². The Bertz CT molecular complexity index is 923. The highest BCUT2D eigenvalue weighted by molar-refractivity contribution is 5.95. The normalized spacial score (nSPS) is 14.4. The van der Waals surface area contributed by atoms with Crippen molar-refractivity contribution in [3.63, 3.8) is 0 Å². The Balaban J connectivity index is 1.63. The highest BCUT2D eigenvalue weighted by atomic mass is 16.3. The van der Waals surface area contributed by atoms with E-state index < -0.39 is 0 Å². The van der Waals surface area contributed by atoms with Gasteiger partial charge >= 0.3 is 0 Å². The van der Waals surface area contributed by atoms with Gasteiger partial charge < -0.3 is 14.6 Å². The molecule has 1 aliphatic heterocycles. The van der Waals surface area contributed by atoms with Crippen LogP contribution in [0.1, 0.15) is 35.0 Å². The largest absolute Gasteiger partial charge is 0.465 e. The van der Waals surface area contributed by atoms with Crippen LogP contribution in [0, 0.1) is 6.92 Å². The molecule has 130 valence electrons. The van der Waals surface area contributed by atoms with E-state index in [4.69, 9.17) is 4.42 Å². The molecular formula is C17H20N6O2. The molecule has 0 aromatic carbocycles. The number of carbonyl (C=O) groups excluding carboxylic acids is 1. The van der Waals surface area contributed by atoms with Crippen LogP contribution in [-0.4, -0.2) is 38.7 Å². The maximum Gasteiger partial charge on any atom is 0.289 e. The average Bonchev–Trinajstić information content (AvgIpc) is 3.31. The number of furan rings is 1. The number of aryl methyl sites for hydroxylation is 2. The zero-order chi connectivity index (χ0) is 17.4.